The van der Waals surface area contributed by atoms with Crippen LogP contribution in [0.5, 0.6) is 0 Å². The zero-order valence-electron chi connectivity index (χ0n) is 10.3. The van der Waals surface area contributed by atoms with Crippen molar-refractivity contribution in [3.63, 3.8) is 0 Å². The predicted octanol–water partition coefficient (Wildman–Crippen LogP) is 3.02. The van der Waals surface area contributed by atoms with Gasteiger partial charge >= 0.3 is 0 Å². The Kier molecular flexibility index (Phi) is 4.30. The lowest BCUT2D eigenvalue weighted by atomic mass is 10.1. The van der Waals surface area contributed by atoms with Crippen LogP contribution in [0.1, 0.15) is 30.0 Å². The largest absolute Gasteiger partial charge is 0.312 e. The SMILES string of the molecule is CSC(C)CNCc1ccc2c(c1)CCC2. The van der Waals surface area contributed by atoms with E-state index < -0.39 is 0 Å². The monoisotopic (exact) mass is 235 g/mol. The summed E-state index contributed by atoms with van der Waals surface area (Å²) in [5.74, 6) is 0. The van der Waals surface area contributed by atoms with E-state index >= 15 is 0 Å². The Hall–Kier alpha value is -0.470. The van der Waals surface area contributed by atoms with Crippen molar-refractivity contribution in [3.05, 3.63) is 34.9 Å². The van der Waals surface area contributed by atoms with E-state index in [0.29, 0.717) is 5.25 Å². The number of fused-ring (bicyclic) bond motifs is 1. The van der Waals surface area contributed by atoms with Gasteiger partial charge in [0, 0.05) is 18.3 Å². The molecule has 88 valence electrons. The molecule has 1 aliphatic carbocycles. The molecule has 16 heavy (non-hydrogen) atoms. The third-order valence-corrected chi connectivity index (χ3v) is 4.30. The molecule has 0 saturated carbocycles. The van der Waals surface area contributed by atoms with Crippen molar-refractivity contribution in [2.75, 3.05) is 12.8 Å². The van der Waals surface area contributed by atoms with Crippen molar-refractivity contribution in [3.8, 4) is 0 Å². The molecule has 0 heterocycles. The second-order valence-electron chi connectivity index (χ2n) is 4.63. The first kappa shape index (κ1) is 12.0. The third kappa shape index (κ3) is 3.02. The highest BCUT2D eigenvalue weighted by atomic mass is 32.2. The van der Waals surface area contributed by atoms with Crippen LogP contribution < -0.4 is 5.32 Å². The maximum Gasteiger partial charge on any atom is 0.0206 e. The molecule has 1 N–H and O–H groups in total. The predicted molar refractivity (Wildman–Crippen MR) is 73.2 cm³/mol. The molecule has 0 saturated heterocycles. The van der Waals surface area contributed by atoms with Crippen molar-refractivity contribution >= 4 is 11.8 Å². The van der Waals surface area contributed by atoms with Gasteiger partial charge in [0.15, 0.2) is 0 Å². The number of hydrogen-bond donors (Lipinski definition) is 1. The van der Waals surface area contributed by atoms with E-state index in [0.717, 1.165) is 13.1 Å². The lowest BCUT2D eigenvalue weighted by molar-refractivity contribution is 0.684. The van der Waals surface area contributed by atoms with Gasteiger partial charge in [-0.3, -0.25) is 0 Å². The molecule has 1 unspecified atom stereocenters. The number of rotatable bonds is 5. The van der Waals surface area contributed by atoms with Crippen LogP contribution in [-0.4, -0.2) is 18.1 Å². The average molecular weight is 235 g/mol. The Bertz CT molecular complexity index is 349. The summed E-state index contributed by atoms with van der Waals surface area (Å²) in [5.41, 5.74) is 4.59. The minimum absolute atomic E-state index is 0.703. The quantitative estimate of drug-likeness (QED) is 0.842. The fourth-order valence-corrected chi connectivity index (χ4v) is 2.52. The summed E-state index contributed by atoms with van der Waals surface area (Å²) in [7, 11) is 0. The van der Waals surface area contributed by atoms with Gasteiger partial charge in [0.25, 0.3) is 0 Å². The highest BCUT2D eigenvalue weighted by Crippen LogP contribution is 2.22. The van der Waals surface area contributed by atoms with E-state index in [1.54, 1.807) is 11.1 Å². The third-order valence-electron chi connectivity index (χ3n) is 3.33. The first-order valence-electron chi connectivity index (χ1n) is 6.14. The van der Waals surface area contributed by atoms with Crippen LogP contribution in [0.3, 0.4) is 0 Å². The van der Waals surface area contributed by atoms with E-state index in [4.69, 9.17) is 0 Å². The van der Waals surface area contributed by atoms with Gasteiger partial charge in [0.1, 0.15) is 0 Å². The summed E-state index contributed by atoms with van der Waals surface area (Å²) in [4.78, 5) is 0. The van der Waals surface area contributed by atoms with Gasteiger partial charge in [-0.25, -0.2) is 0 Å². The zero-order valence-corrected chi connectivity index (χ0v) is 11.1. The van der Waals surface area contributed by atoms with Crippen LogP contribution >= 0.6 is 11.8 Å². The average Bonchev–Trinajstić information content (AvgIpc) is 2.76. The van der Waals surface area contributed by atoms with Gasteiger partial charge in [-0.05, 0) is 42.2 Å². The molecule has 1 aromatic rings. The summed E-state index contributed by atoms with van der Waals surface area (Å²) in [6, 6.07) is 6.98. The van der Waals surface area contributed by atoms with Crippen molar-refractivity contribution in [2.24, 2.45) is 0 Å². The maximum atomic E-state index is 3.52. The van der Waals surface area contributed by atoms with E-state index in [1.807, 2.05) is 11.8 Å². The summed E-state index contributed by atoms with van der Waals surface area (Å²) in [6.45, 7) is 4.37. The summed E-state index contributed by atoms with van der Waals surface area (Å²) in [5, 5.41) is 4.23. The Morgan fingerprint density at radius 2 is 2.12 bits per heavy atom. The topological polar surface area (TPSA) is 12.0 Å². The smallest absolute Gasteiger partial charge is 0.0206 e. The Morgan fingerprint density at radius 1 is 1.31 bits per heavy atom. The highest BCUT2D eigenvalue weighted by Gasteiger charge is 2.10. The number of nitrogens with one attached hydrogen (secondary N) is 1. The highest BCUT2D eigenvalue weighted by molar-refractivity contribution is 7.99. The molecule has 0 spiro atoms. The molecule has 0 amide bonds. The summed E-state index contributed by atoms with van der Waals surface area (Å²) in [6.07, 6.45) is 6.08. The van der Waals surface area contributed by atoms with Crippen LogP contribution in [-0.2, 0) is 19.4 Å². The normalized spacial score (nSPS) is 16.1. The first-order chi connectivity index (χ1) is 7.79. The molecule has 0 fully saturated rings. The molecule has 0 radical (unpaired) electrons. The second-order valence-corrected chi connectivity index (χ2v) is 5.91. The summed E-state index contributed by atoms with van der Waals surface area (Å²) >= 11 is 1.92. The van der Waals surface area contributed by atoms with Gasteiger partial charge < -0.3 is 5.32 Å². The minimum atomic E-state index is 0.703. The summed E-state index contributed by atoms with van der Waals surface area (Å²) < 4.78 is 0. The Labute approximate surface area is 103 Å². The Balaban J connectivity index is 1.86. The van der Waals surface area contributed by atoms with E-state index in [-0.39, 0.29) is 0 Å². The molecule has 1 aliphatic rings. The van der Waals surface area contributed by atoms with Crippen molar-refractivity contribution in [2.45, 2.75) is 38.0 Å². The van der Waals surface area contributed by atoms with Crippen LogP contribution in [0.4, 0.5) is 0 Å². The molecule has 2 heteroatoms. The number of aryl methyl sites for hydroxylation is 2. The van der Waals surface area contributed by atoms with E-state index in [9.17, 15) is 0 Å². The number of benzene rings is 1. The van der Waals surface area contributed by atoms with Gasteiger partial charge in [-0.1, -0.05) is 25.1 Å². The van der Waals surface area contributed by atoms with Gasteiger partial charge in [-0.2, -0.15) is 11.8 Å². The minimum Gasteiger partial charge on any atom is -0.312 e. The number of hydrogen-bond acceptors (Lipinski definition) is 2. The van der Waals surface area contributed by atoms with Crippen molar-refractivity contribution in [1.29, 1.82) is 0 Å². The molecule has 1 aromatic carbocycles. The molecule has 0 aliphatic heterocycles. The van der Waals surface area contributed by atoms with E-state index in [2.05, 4.69) is 36.7 Å². The fraction of sp³-hybridized carbons (Fsp3) is 0.571. The van der Waals surface area contributed by atoms with Gasteiger partial charge in [0.2, 0.25) is 0 Å². The molecule has 2 rings (SSSR count). The van der Waals surface area contributed by atoms with Crippen LogP contribution in [0.15, 0.2) is 18.2 Å². The zero-order chi connectivity index (χ0) is 11.4. The van der Waals surface area contributed by atoms with Gasteiger partial charge in [0.05, 0.1) is 0 Å². The molecule has 1 nitrogen and oxygen atoms in total. The van der Waals surface area contributed by atoms with Crippen LogP contribution in [0, 0.1) is 0 Å². The molecule has 0 aromatic heterocycles. The maximum absolute atomic E-state index is 3.52. The molecule has 1 atom stereocenters. The lowest BCUT2D eigenvalue weighted by Gasteiger charge is -2.10. The number of thioether (sulfide) groups is 1. The molecule has 0 bridgehead atoms. The van der Waals surface area contributed by atoms with Gasteiger partial charge in [-0.15, -0.1) is 0 Å². The second kappa shape index (κ2) is 5.74. The standard InChI is InChI=1S/C14H21NS/c1-11(16-2)9-15-10-12-6-7-13-4-3-5-14(13)8-12/h6-8,11,15H,3-5,9-10H2,1-2H3. The van der Waals surface area contributed by atoms with E-state index in [1.165, 1.54) is 24.8 Å². The van der Waals surface area contributed by atoms with Crippen molar-refractivity contribution < 1.29 is 0 Å². The van der Waals surface area contributed by atoms with Crippen LogP contribution in [0.2, 0.25) is 0 Å². The first-order valence-corrected chi connectivity index (χ1v) is 7.42. The molecular weight excluding hydrogens is 214 g/mol. The van der Waals surface area contributed by atoms with Crippen LogP contribution in [0.25, 0.3) is 0 Å². The Morgan fingerprint density at radius 3 is 2.94 bits per heavy atom. The lowest BCUT2D eigenvalue weighted by Crippen LogP contribution is -2.22. The van der Waals surface area contributed by atoms with Crippen molar-refractivity contribution in [1.82, 2.24) is 5.32 Å². The molecular formula is C14H21NS. The fourth-order valence-electron chi connectivity index (χ4n) is 2.24.